The lowest BCUT2D eigenvalue weighted by Gasteiger charge is -2.30. The van der Waals surface area contributed by atoms with Crippen molar-refractivity contribution in [2.45, 2.75) is 45.4 Å². The first-order chi connectivity index (χ1) is 12.3. The van der Waals surface area contributed by atoms with E-state index in [4.69, 9.17) is 9.84 Å². The first-order valence-corrected chi connectivity index (χ1v) is 9.26. The van der Waals surface area contributed by atoms with Gasteiger partial charge in [-0.3, -0.25) is 4.79 Å². The summed E-state index contributed by atoms with van der Waals surface area (Å²) in [5.41, 5.74) is 1.39. The molecule has 0 bridgehead atoms. The predicted molar refractivity (Wildman–Crippen MR) is 101 cm³/mol. The Balaban J connectivity index is 1.62. The molecule has 0 unspecified atom stereocenters. The highest BCUT2D eigenvalue weighted by atomic mass is 16.5. The Morgan fingerprint density at radius 2 is 1.81 bits per heavy atom. The minimum atomic E-state index is -0.766. The smallest absolute Gasteiger partial charge is 0.317 e. The maximum Gasteiger partial charge on any atom is 0.317 e. The first-order valence-electron chi connectivity index (χ1n) is 9.26. The maximum atomic E-state index is 12.1. The van der Waals surface area contributed by atoms with Gasteiger partial charge in [-0.25, -0.2) is 4.79 Å². The average molecular weight is 362 g/mol. The van der Waals surface area contributed by atoms with Crippen molar-refractivity contribution in [2.75, 3.05) is 26.2 Å². The van der Waals surface area contributed by atoms with Crippen molar-refractivity contribution >= 4 is 12.0 Å². The highest BCUT2D eigenvalue weighted by Crippen LogP contribution is 2.24. The van der Waals surface area contributed by atoms with Crippen molar-refractivity contribution in [3.8, 4) is 5.75 Å². The van der Waals surface area contributed by atoms with Crippen molar-refractivity contribution < 1.29 is 19.4 Å². The van der Waals surface area contributed by atoms with E-state index in [-0.39, 0.29) is 17.4 Å². The zero-order valence-corrected chi connectivity index (χ0v) is 16.0. The molecule has 6 heteroatoms. The molecule has 1 aromatic rings. The summed E-state index contributed by atoms with van der Waals surface area (Å²) in [6.45, 7) is 8.61. The van der Waals surface area contributed by atoms with E-state index >= 15 is 0 Å². The quantitative estimate of drug-likeness (QED) is 0.762. The van der Waals surface area contributed by atoms with Crippen LogP contribution >= 0.6 is 0 Å². The standard InChI is InChI=1S/C20H30N2O4/c1-20(2,3)16-5-7-17(8-6-16)26-14-4-11-21-19(25)22-12-9-15(10-13-22)18(23)24/h5-8,15H,4,9-14H2,1-3H3,(H,21,25)(H,23,24). The van der Waals surface area contributed by atoms with Crippen LogP contribution in [0.1, 0.15) is 45.6 Å². The molecule has 0 spiro atoms. The maximum absolute atomic E-state index is 12.1. The number of carboxylic acids is 1. The molecule has 0 aliphatic carbocycles. The fourth-order valence-corrected chi connectivity index (χ4v) is 2.95. The van der Waals surface area contributed by atoms with Crippen molar-refractivity contribution in [3.05, 3.63) is 29.8 Å². The van der Waals surface area contributed by atoms with Crippen molar-refractivity contribution in [1.82, 2.24) is 10.2 Å². The SMILES string of the molecule is CC(C)(C)c1ccc(OCCCNC(=O)N2CCC(C(=O)O)CC2)cc1. The third kappa shape index (κ3) is 5.93. The number of aliphatic carboxylic acids is 1. The summed E-state index contributed by atoms with van der Waals surface area (Å²) in [5.74, 6) is -0.255. The normalized spacial score (nSPS) is 15.6. The third-order valence-electron chi connectivity index (χ3n) is 4.72. The molecule has 1 aliphatic heterocycles. The number of hydrogen-bond acceptors (Lipinski definition) is 3. The van der Waals surface area contributed by atoms with Crippen LogP contribution in [0.2, 0.25) is 0 Å². The molecule has 2 N–H and O–H groups in total. The molecule has 1 aliphatic rings. The number of amides is 2. The minimum absolute atomic E-state index is 0.122. The zero-order valence-electron chi connectivity index (χ0n) is 16.0. The van der Waals surface area contributed by atoms with E-state index in [9.17, 15) is 9.59 Å². The van der Waals surface area contributed by atoms with Gasteiger partial charge in [0.15, 0.2) is 0 Å². The summed E-state index contributed by atoms with van der Waals surface area (Å²) in [4.78, 5) is 24.7. The second-order valence-corrected chi connectivity index (χ2v) is 7.81. The number of carbonyl (C=O) groups is 2. The second kappa shape index (κ2) is 8.92. The molecule has 144 valence electrons. The lowest BCUT2D eigenvalue weighted by atomic mass is 9.87. The van der Waals surface area contributed by atoms with Crippen LogP contribution in [0.25, 0.3) is 0 Å². The van der Waals surface area contributed by atoms with Crippen LogP contribution in [0.5, 0.6) is 5.75 Å². The van der Waals surface area contributed by atoms with Crippen LogP contribution in [0.4, 0.5) is 4.79 Å². The van der Waals surface area contributed by atoms with Crippen LogP contribution in [0.3, 0.4) is 0 Å². The van der Waals surface area contributed by atoms with Crippen LogP contribution in [0.15, 0.2) is 24.3 Å². The number of rotatable bonds is 6. The molecule has 0 saturated carbocycles. The number of carboxylic acid groups (broad SMARTS) is 1. The highest BCUT2D eigenvalue weighted by Gasteiger charge is 2.26. The third-order valence-corrected chi connectivity index (χ3v) is 4.72. The lowest BCUT2D eigenvalue weighted by Crippen LogP contribution is -2.45. The van der Waals surface area contributed by atoms with Crippen LogP contribution in [-0.2, 0) is 10.2 Å². The van der Waals surface area contributed by atoms with Crippen molar-refractivity contribution in [1.29, 1.82) is 0 Å². The molecule has 0 atom stereocenters. The molecule has 26 heavy (non-hydrogen) atoms. The summed E-state index contributed by atoms with van der Waals surface area (Å²) < 4.78 is 5.71. The lowest BCUT2D eigenvalue weighted by molar-refractivity contribution is -0.143. The molecule has 1 heterocycles. The number of ether oxygens (including phenoxy) is 1. The Bertz CT molecular complexity index is 599. The molecular weight excluding hydrogens is 332 g/mol. The van der Waals surface area contributed by atoms with Gasteiger partial charge < -0.3 is 20.1 Å². The minimum Gasteiger partial charge on any atom is -0.494 e. The number of nitrogens with one attached hydrogen (secondary N) is 1. The summed E-state index contributed by atoms with van der Waals surface area (Å²) in [6.07, 6.45) is 1.77. The largest absolute Gasteiger partial charge is 0.494 e. The van der Waals surface area contributed by atoms with Gasteiger partial charge in [0.25, 0.3) is 0 Å². The number of piperidine rings is 1. The topological polar surface area (TPSA) is 78.9 Å². The number of nitrogens with zero attached hydrogens (tertiary/aromatic N) is 1. The fourth-order valence-electron chi connectivity index (χ4n) is 2.95. The molecule has 2 rings (SSSR count). The first kappa shape index (κ1) is 20.1. The number of likely N-dealkylation sites (tertiary alicyclic amines) is 1. The zero-order chi connectivity index (χ0) is 19.2. The fraction of sp³-hybridized carbons (Fsp3) is 0.600. The Morgan fingerprint density at radius 3 is 2.35 bits per heavy atom. The van der Waals surface area contributed by atoms with Gasteiger partial charge in [0.05, 0.1) is 12.5 Å². The Hall–Kier alpha value is -2.24. The van der Waals surface area contributed by atoms with Gasteiger partial charge >= 0.3 is 12.0 Å². The van der Waals surface area contributed by atoms with E-state index in [0.29, 0.717) is 39.1 Å². The number of hydrogen-bond donors (Lipinski definition) is 2. The highest BCUT2D eigenvalue weighted by molar-refractivity contribution is 5.75. The van der Waals surface area contributed by atoms with E-state index in [2.05, 4.69) is 38.2 Å². The Morgan fingerprint density at radius 1 is 1.19 bits per heavy atom. The Kier molecular flexibility index (Phi) is 6.89. The van der Waals surface area contributed by atoms with E-state index < -0.39 is 5.97 Å². The molecule has 1 aromatic carbocycles. The number of carbonyl (C=O) groups excluding carboxylic acids is 1. The summed E-state index contributed by atoms with van der Waals surface area (Å²) in [7, 11) is 0. The van der Waals surface area contributed by atoms with Crippen LogP contribution in [-0.4, -0.2) is 48.2 Å². The molecule has 1 saturated heterocycles. The van der Waals surface area contributed by atoms with Gasteiger partial charge in [0.1, 0.15) is 5.75 Å². The average Bonchev–Trinajstić information content (AvgIpc) is 2.61. The van der Waals surface area contributed by atoms with Crippen LogP contribution < -0.4 is 10.1 Å². The summed E-state index contributed by atoms with van der Waals surface area (Å²) in [5, 5.41) is 11.9. The molecule has 6 nitrogen and oxygen atoms in total. The predicted octanol–water partition coefficient (Wildman–Crippen LogP) is 3.26. The Labute approximate surface area is 155 Å². The number of urea groups is 1. The van der Waals surface area contributed by atoms with Gasteiger partial charge in [0, 0.05) is 19.6 Å². The molecule has 1 fully saturated rings. The van der Waals surface area contributed by atoms with Gasteiger partial charge in [-0.2, -0.15) is 0 Å². The van der Waals surface area contributed by atoms with E-state index in [1.807, 2.05) is 12.1 Å². The van der Waals surface area contributed by atoms with Crippen molar-refractivity contribution in [2.24, 2.45) is 5.92 Å². The molecule has 2 amide bonds. The monoisotopic (exact) mass is 362 g/mol. The second-order valence-electron chi connectivity index (χ2n) is 7.81. The van der Waals surface area contributed by atoms with Crippen molar-refractivity contribution in [3.63, 3.8) is 0 Å². The summed E-state index contributed by atoms with van der Waals surface area (Å²) >= 11 is 0. The van der Waals surface area contributed by atoms with E-state index in [0.717, 1.165) is 12.2 Å². The number of benzene rings is 1. The molecular formula is C20H30N2O4. The van der Waals surface area contributed by atoms with Gasteiger partial charge in [0.2, 0.25) is 0 Å². The summed E-state index contributed by atoms with van der Waals surface area (Å²) in [6, 6.07) is 8.00. The van der Waals surface area contributed by atoms with Gasteiger partial charge in [-0.15, -0.1) is 0 Å². The van der Waals surface area contributed by atoms with E-state index in [1.54, 1.807) is 4.90 Å². The molecule has 0 aromatic heterocycles. The molecule has 0 radical (unpaired) electrons. The van der Waals surface area contributed by atoms with Gasteiger partial charge in [-0.05, 0) is 42.4 Å². The van der Waals surface area contributed by atoms with Gasteiger partial charge in [-0.1, -0.05) is 32.9 Å². The van der Waals surface area contributed by atoms with Crippen LogP contribution in [0, 0.1) is 5.92 Å². The van der Waals surface area contributed by atoms with E-state index in [1.165, 1.54) is 5.56 Å².